The van der Waals surface area contributed by atoms with Crippen molar-refractivity contribution < 1.29 is 19.1 Å². The van der Waals surface area contributed by atoms with E-state index in [9.17, 15) is 14.4 Å². The smallest absolute Gasteiger partial charge is 0.316 e. The van der Waals surface area contributed by atoms with Crippen molar-refractivity contribution in [1.82, 2.24) is 15.5 Å². The first-order chi connectivity index (χ1) is 8.66. The number of hydrogen-bond acceptors (Lipinski definition) is 5. The lowest BCUT2D eigenvalue weighted by molar-refractivity contribution is -0.135. The van der Waals surface area contributed by atoms with Gasteiger partial charge in [-0.3, -0.25) is 30.0 Å². The van der Waals surface area contributed by atoms with Gasteiger partial charge in [0.05, 0.1) is 19.8 Å². The van der Waals surface area contributed by atoms with Gasteiger partial charge in [-0.05, 0) is 0 Å². The number of ether oxygens (including phenoxy) is 1. The summed E-state index contributed by atoms with van der Waals surface area (Å²) in [5, 5.41) is 4.52. The van der Waals surface area contributed by atoms with Gasteiger partial charge in [0.15, 0.2) is 0 Å². The standard InChI is InChI=1S/C10H14N4O4/c15-7(14-3-5-18-6-4-14)1-2-11-10-12-8(16)9(17)13-10/h1-6H2,(H2,11,12,13,16,17). The number of amides is 3. The second-order valence-electron chi connectivity index (χ2n) is 3.88. The Morgan fingerprint density at radius 1 is 1.22 bits per heavy atom. The first-order valence-corrected chi connectivity index (χ1v) is 5.69. The summed E-state index contributed by atoms with van der Waals surface area (Å²) in [6.07, 6.45) is 0.245. The van der Waals surface area contributed by atoms with E-state index >= 15 is 0 Å². The highest BCUT2D eigenvalue weighted by molar-refractivity contribution is 6.45. The van der Waals surface area contributed by atoms with Gasteiger partial charge < -0.3 is 9.64 Å². The predicted octanol–water partition coefficient (Wildman–Crippen LogP) is -2.16. The molecule has 0 aromatic heterocycles. The molecule has 8 heteroatoms. The molecule has 0 spiro atoms. The van der Waals surface area contributed by atoms with E-state index in [0.29, 0.717) is 26.3 Å². The van der Waals surface area contributed by atoms with Gasteiger partial charge in [0.1, 0.15) is 0 Å². The molecule has 0 bridgehead atoms. The summed E-state index contributed by atoms with van der Waals surface area (Å²) < 4.78 is 5.14. The maximum Gasteiger partial charge on any atom is 0.316 e. The van der Waals surface area contributed by atoms with Crippen molar-refractivity contribution in [3.05, 3.63) is 0 Å². The van der Waals surface area contributed by atoms with Gasteiger partial charge in [0.2, 0.25) is 11.9 Å². The summed E-state index contributed by atoms with van der Waals surface area (Å²) in [4.78, 5) is 39.0. The SMILES string of the molecule is O=C1NC(=NCCC(=O)N2CCOCC2)NC1=O. The largest absolute Gasteiger partial charge is 0.378 e. The fourth-order valence-electron chi connectivity index (χ4n) is 1.67. The first kappa shape index (κ1) is 12.5. The third-order valence-corrected chi connectivity index (χ3v) is 2.63. The van der Waals surface area contributed by atoms with Crippen molar-refractivity contribution in [2.45, 2.75) is 6.42 Å². The number of carbonyl (C=O) groups excluding carboxylic acids is 3. The molecule has 8 nitrogen and oxygen atoms in total. The summed E-state index contributed by atoms with van der Waals surface area (Å²) in [5.74, 6) is -1.35. The molecule has 0 saturated carbocycles. The molecule has 18 heavy (non-hydrogen) atoms. The molecule has 0 aromatic rings. The maximum absolute atomic E-state index is 11.7. The highest BCUT2D eigenvalue weighted by Gasteiger charge is 2.25. The van der Waals surface area contributed by atoms with Crippen LogP contribution < -0.4 is 10.6 Å². The predicted molar refractivity (Wildman–Crippen MR) is 60.6 cm³/mol. The summed E-state index contributed by atoms with van der Waals surface area (Å²) in [6.45, 7) is 2.55. The van der Waals surface area contributed by atoms with Crippen molar-refractivity contribution in [3.8, 4) is 0 Å². The van der Waals surface area contributed by atoms with Gasteiger partial charge in [-0.15, -0.1) is 0 Å². The van der Waals surface area contributed by atoms with Crippen LogP contribution in [0.15, 0.2) is 4.99 Å². The second-order valence-corrected chi connectivity index (χ2v) is 3.88. The Morgan fingerprint density at radius 3 is 2.44 bits per heavy atom. The van der Waals surface area contributed by atoms with Crippen LogP contribution in [-0.2, 0) is 19.1 Å². The zero-order chi connectivity index (χ0) is 13.0. The van der Waals surface area contributed by atoms with Gasteiger partial charge >= 0.3 is 11.8 Å². The normalized spacial score (nSPS) is 19.6. The van der Waals surface area contributed by atoms with E-state index in [1.165, 1.54) is 0 Å². The molecule has 0 aliphatic carbocycles. The third kappa shape index (κ3) is 3.04. The van der Waals surface area contributed by atoms with E-state index in [1.807, 2.05) is 0 Å². The molecule has 2 N–H and O–H groups in total. The average Bonchev–Trinajstić information content (AvgIpc) is 2.69. The van der Waals surface area contributed by atoms with E-state index in [4.69, 9.17) is 4.74 Å². The number of guanidine groups is 1. The minimum Gasteiger partial charge on any atom is -0.378 e. The van der Waals surface area contributed by atoms with Crippen molar-refractivity contribution in [2.75, 3.05) is 32.8 Å². The number of carbonyl (C=O) groups is 3. The maximum atomic E-state index is 11.7. The van der Waals surface area contributed by atoms with Crippen LogP contribution >= 0.6 is 0 Å². The van der Waals surface area contributed by atoms with Gasteiger partial charge in [0, 0.05) is 19.5 Å². The highest BCUT2D eigenvalue weighted by Crippen LogP contribution is 2.00. The lowest BCUT2D eigenvalue weighted by Gasteiger charge is -2.26. The van der Waals surface area contributed by atoms with Crippen LogP contribution in [0, 0.1) is 0 Å². The Kier molecular flexibility index (Phi) is 3.88. The highest BCUT2D eigenvalue weighted by atomic mass is 16.5. The van der Waals surface area contributed by atoms with Crippen LogP contribution in [0.2, 0.25) is 0 Å². The zero-order valence-corrected chi connectivity index (χ0v) is 9.77. The third-order valence-electron chi connectivity index (χ3n) is 2.63. The minimum atomic E-state index is -0.728. The first-order valence-electron chi connectivity index (χ1n) is 5.69. The Labute approximate surface area is 103 Å². The van der Waals surface area contributed by atoms with E-state index in [1.54, 1.807) is 4.90 Å². The molecule has 0 aromatic carbocycles. The topological polar surface area (TPSA) is 100 Å². The fourth-order valence-corrected chi connectivity index (χ4v) is 1.67. The zero-order valence-electron chi connectivity index (χ0n) is 9.77. The molecular formula is C10H14N4O4. The van der Waals surface area contributed by atoms with Gasteiger partial charge in [-0.2, -0.15) is 0 Å². The van der Waals surface area contributed by atoms with Crippen LogP contribution in [-0.4, -0.2) is 61.4 Å². The summed E-state index contributed by atoms with van der Waals surface area (Å²) in [7, 11) is 0. The summed E-state index contributed by atoms with van der Waals surface area (Å²) >= 11 is 0. The average molecular weight is 254 g/mol. The Hall–Kier alpha value is -1.96. The number of hydrogen-bond donors (Lipinski definition) is 2. The number of nitrogens with zero attached hydrogens (tertiary/aromatic N) is 2. The fraction of sp³-hybridized carbons (Fsp3) is 0.600. The van der Waals surface area contributed by atoms with Gasteiger partial charge in [0.25, 0.3) is 0 Å². The Balaban J connectivity index is 1.74. The van der Waals surface area contributed by atoms with Crippen LogP contribution in [0.5, 0.6) is 0 Å². The van der Waals surface area contributed by atoms with E-state index < -0.39 is 11.8 Å². The van der Waals surface area contributed by atoms with Crippen molar-refractivity contribution in [1.29, 1.82) is 0 Å². The molecular weight excluding hydrogens is 240 g/mol. The molecule has 0 radical (unpaired) electrons. The molecule has 2 aliphatic heterocycles. The van der Waals surface area contributed by atoms with Crippen molar-refractivity contribution in [3.63, 3.8) is 0 Å². The number of morpholine rings is 1. The lowest BCUT2D eigenvalue weighted by atomic mass is 10.3. The molecule has 98 valence electrons. The molecule has 2 heterocycles. The van der Waals surface area contributed by atoms with Crippen LogP contribution in [0.3, 0.4) is 0 Å². The Morgan fingerprint density at radius 2 is 1.83 bits per heavy atom. The number of rotatable bonds is 3. The van der Waals surface area contributed by atoms with Crippen LogP contribution in [0.25, 0.3) is 0 Å². The van der Waals surface area contributed by atoms with Gasteiger partial charge in [-0.25, -0.2) is 0 Å². The lowest BCUT2D eigenvalue weighted by Crippen LogP contribution is -2.41. The van der Waals surface area contributed by atoms with Crippen LogP contribution in [0.4, 0.5) is 0 Å². The molecule has 0 atom stereocenters. The van der Waals surface area contributed by atoms with Crippen molar-refractivity contribution >= 4 is 23.7 Å². The molecule has 3 amide bonds. The van der Waals surface area contributed by atoms with E-state index in [2.05, 4.69) is 15.6 Å². The number of nitrogens with one attached hydrogen (secondary N) is 2. The van der Waals surface area contributed by atoms with Crippen LogP contribution in [0.1, 0.15) is 6.42 Å². The quantitative estimate of drug-likeness (QED) is 0.560. The Bertz CT molecular complexity index is 383. The van der Waals surface area contributed by atoms with E-state index in [0.717, 1.165) is 0 Å². The molecule has 2 rings (SSSR count). The van der Waals surface area contributed by atoms with Gasteiger partial charge in [-0.1, -0.05) is 0 Å². The summed E-state index contributed by atoms with van der Waals surface area (Å²) in [5.41, 5.74) is 0. The monoisotopic (exact) mass is 254 g/mol. The molecule has 2 saturated heterocycles. The second kappa shape index (κ2) is 5.58. The van der Waals surface area contributed by atoms with Crippen molar-refractivity contribution in [2.24, 2.45) is 4.99 Å². The van der Waals surface area contributed by atoms with E-state index in [-0.39, 0.29) is 24.8 Å². The minimum absolute atomic E-state index is 0.00157. The molecule has 2 fully saturated rings. The molecule has 2 aliphatic rings. The molecule has 0 unspecified atom stereocenters. The summed E-state index contributed by atoms with van der Waals surface area (Å²) in [6, 6.07) is 0. The number of aliphatic imine (C=N–C) groups is 1.